The summed E-state index contributed by atoms with van der Waals surface area (Å²) >= 11 is 0. The van der Waals surface area contributed by atoms with E-state index in [1.54, 1.807) is 0 Å². The summed E-state index contributed by atoms with van der Waals surface area (Å²) in [5, 5.41) is 21.3. The topological polar surface area (TPSA) is 40.5 Å². The average molecular weight is 362 g/mol. The van der Waals surface area contributed by atoms with Gasteiger partial charge in [0.05, 0.1) is 8.07 Å². The third-order valence-electron chi connectivity index (χ3n) is 5.05. The van der Waals surface area contributed by atoms with E-state index in [0.29, 0.717) is 0 Å². The molecule has 1 rings (SSSR count). The van der Waals surface area contributed by atoms with Crippen molar-refractivity contribution >= 4 is 25.8 Å². The summed E-state index contributed by atoms with van der Waals surface area (Å²) in [5.41, 5.74) is 3.25. The summed E-state index contributed by atoms with van der Waals surface area (Å²) in [6.45, 7) is 11.6. The molecule has 0 fully saturated rings. The Morgan fingerprint density at radius 3 is 1.72 bits per heavy atom. The van der Waals surface area contributed by atoms with Gasteiger partial charge >= 0.3 is 7.12 Å². The zero-order valence-electron chi connectivity index (χ0n) is 17.2. The smallest absolute Gasteiger partial charge is 0.423 e. The number of hydrogen-bond donors (Lipinski definition) is 2. The first-order valence-electron chi connectivity index (χ1n) is 10.3. The predicted molar refractivity (Wildman–Crippen MR) is 115 cm³/mol. The highest BCUT2D eigenvalue weighted by molar-refractivity contribution is 6.89. The van der Waals surface area contributed by atoms with Crippen LogP contribution in [0.15, 0.2) is 12.1 Å². The molecule has 0 amide bonds. The van der Waals surface area contributed by atoms with Crippen molar-refractivity contribution in [2.24, 2.45) is 0 Å². The summed E-state index contributed by atoms with van der Waals surface area (Å²) in [7, 11) is -2.81. The Labute approximate surface area is 157 Å². The minimum absolute atomic E-state index is 0.740. The van der Waals surface area contributed by atoms with Gasteiger partial charge in [-0.15, -0.1) is 0 Å². The SMILES string of the molecule is CCCCCCc1cc([Si](C)(C)C)c(CCCCCC)cc1B(O)O. The second kappa shape index (κ2) is 11.2. The van der Waals surface area contributed by atoms with Gasteiger partial charge in [0.1, 0.15) is 0 Å². The lowest BCUT2D eigenvalue weighted by Gasteiger charge is -2.24. The van der Waals surface area contributed by atoms with Gasteiger partial charge in [0.25, 0.3) is 0 Å². The van der Waals surface area contributed by atoms with E-state index in [2.05, 4.69) is 45.6 Å². The Balaban J connectivity index is 3.07. The van der Waals surface area contributed by atoms with Crippen LogP contribution in [0.3, 0.4) is 0 Å². The summed E-state index contributed by atoms with van der Waals surface area (Å²) in [5.74, 6) is 0. The van der Waals surface area contributed by atoms with Gasteiger partial charge in [-0.2, -0.15) is 0 Å². The Morgan fingerprint density at radius 2 is 1.28 bits per heavy atom. The molecule has 0 spiro atoms. The van der Waals surface area contributed by atoms with E-state index < -0.39 is 15.2 Å². The largest absolute Gasteiger partial charge is 0.488 e. The summed E-state index contributed by atoms with van der Waals surface area (Å²) < 4.78 is 0. The maximum Gasteiger partial charge on any atom is 0.488 e. The Kier molecular flexibility index (Phi) is 10.1. The molecule has 142 valence electrons. The van der Waals surface area contributed by atoms with Crippen LogP contribution < -0.4 is 10.6 Å². The van der Waals surface area contributed by atoms with Crippen LogP contribution in [-0.2, 0) is 12.8 Å². The molecular weight excluding hydrogens is 323 g/mol. The van der Waals surface area contributed by atoms with E-state index in [-0.39, 0.29) is 0 Å². The maximum absolute atomic E-state index is 9.90. The molecule has 0 bridgehead atoms. The first-order chi connectivity index (χ1) is 11.8. The Bertz CT molecular complexity index is 509. The second-order valence-corrected chi connectivity index (χ2v) is 13.5. The van der Waals surface area contributed by atoms with Crippen LogP contribution >= 0.6 is 0 Å². The summed E-state index contributed by atoms with van der Waals surface area (Å²) in [6.07, 6.45) is 11.9. The number of rotatable bonds is 12. The quantitative estimate of drug-likeness (QED) is 0.433. The molecule has 0 radical (unpaired) electrons. The zero-order valence-corrected chi connectivity index (χ0v) is 18.2. The lowest BCUT2D eigenvalue weighted by molar-refractivity contribution is 0.425. The van der Waals surface area contributed by atoms with Gasteiger partial charge in [0.15, 0.2) is 0 Å². The lowest BCUT2D eigenvalue weighted by atomic mass is 9.74. The molecule has 0 aliphatic carbocycles. The van der Waals surface area contributed by atoms with Gasteiger partial charge in [0, 0.05) is 0 Å². The molecular formula is C21H39BO2Si. The highest BCUT2D eigenvalue weighted by Crippen LogP contribution is 2.15. The molecule has 0 saturated heterocycles. The van der Waals surface area contributed by atoms with Crippen molar-refractivity contribution in [1.82, 2.24) is 0 Å². The van der Waals surface area contributed by atoms with Crippen molar-refractivity contribution in [2.45, 2.75) is 97.7 Å². The normalized spacial score (nSPS) is 11.8. The Morgan fingerprint density at radius 1 is 0.760 bits per heavy atom. The van der Waals surface area contributed by atoms with E-state index in [0.717, 1.165) is 30.3 Å². The van der Waals surface area contributed by atoms with E-state index >= 15 is 0 Å². The molecule has 25 heavy (non-hydrogen) atoms. The van der Waals surface area contributed by atoms with Crippen LogP contribution in [0.5, 0.6) is 0 Å². The predicted octanol–water partition coefficient (Wildman–Crippen LogP) is 4.16. The van der Waals surface area contributed by atoms with Gasteiger partial charge in [-0.1, -0.05) is 89.3 Å². The molecule has 2 N–H and O–H groups in total. The molecule has 0 heterocycles. The molecule has 0 saturated carbocycles. The molecule has 2 nitrogen and oxygen atoms in total. The van der Waals surface area contributed by atoms with E-state index in [4.69, 9.17) is 0 Å². The van der Waals surface area contributed by atoms with Crippen molar-refractivity contribution in [3.8, 4) is 0 Å². The van der Waals surface area contributed by atoms with Crippen LogP contribution in [-0.4, -0.2) is 25.2 Å². The highest BCUT2D eigenvalue weighted by atomic mass is 28.3. The minimum Gasteiger partial charge on any atom is -0.423 e. The molecule has 0 aliphatic heterocycles. The number of benzene rings is 1. The number of hydrogen-bond acceptors (Lipinski definition) is 2. The van der Waals surface area contributed by atoms with E-state index in [1.807, 2.05) is 0 Å². The number of unbranched alkanes of at least 4 members (excludes halogenated alkanes) is 6. The van der Waals surface area contributed by atoms with Crippen molar-refractivity contribution in [1.29, 1.82) is 0 Å². The van der Waals surface area contributed by atoms with Gasteiger partial charge in [-0.3, -0.25) is 0 Å². The van der Waals surface area contributed by atoms with Crippen molar-refractivity contribution < 1.29 is 10.0 Å². The van der Waals surface area contributed by atoms with Gasteiger partial charge in [-0.05, 0) is 42.3 Å². The van der Waals surface area contributed by atoms with Crippen LogP contribution in [0.2, 0.25) is 19.6 Å². The fraction of sp³-hybridized carbons (Fsp3) is 0.714. The third kappa shape index (κ3) is 7.68. The van der Waals surface area contributed by atoms with Crippen LogP contribution in [0.25, 0.3) is 0 Å². The minimum atomic E-state index is -1.45. The van der Waals surface area contributed by atoms with Crippen LogP contribution in [0.4, 0.5) is 0 Å². The van der Waals surface area contributed by atoms with Gasteiger partial charge < -0.3 is 10.0 Å². The lowest BCUT2D eigenvalue weighted by Crippen LogP contribution is -2.44. The number of aryl methyl sites for hydroxylation is 2. The monoisotopic (exact) mass is 362 g/mol. The van der Waals surface area contributed by atoms with Gasteiger partial charge in [0.2, 0.25) is 0 Å². The van der Waals surface area contributed by atoms with E-state index in [9.17, 15) is 10.0 Å². The van der Waals surface area contributed by atoms with E-state index in [1.165, 1.54) is 55.7 Å². The first-order valence-corrected chi connectivity index (χ1v) is 13.8. The fourth-order valence-electron chi connectivity index (χ4n) is 3.55. The van der Waals surface area contributed by atoms with Crippen molar-refractivity contribution in [2.75, 3.05) is 0 Å². The maximum atomic E-state index is 9.90. The van der Waals surface area contributed by atoms with Crippen molar-refractivity contribution in [3.05, 3.63) is 23.3 Å². The molecule has 4 heteroatoms. The molecule has 1 aromatic carbocycles. The molecule has 0 unspecified atom stereocenters. The Hall–Kier alpha value is -0.578. The first kappa shape index (κ1) is 22.5. The fourth-order valence-corrected chi connectivity index (χ4v) is 5.32. The second-order valence-electron chi connectivity index (χ2n) is 8.45. The summed E-state index contributed by atoms with van der Waals surface area (Å²) in [6, 6.07) is 4.43. The van der Waals surface area contributed by atoms with Crippen molar-refractivity contribution in [3.63, 3.8) is 0 Å². The molecule has 0 aromatic heterocycles. The average Bonchev–Trinajstić information content (AvgIpc) is 2.54. The summed E-state index contributed by atoms with van der Waals surface area (Å²) in [4.78, 5) is 0. The molecule has 1 aromatic rings. The zero-order chi connectivity index (χ0) is 18.9. The van der Waals surface area contributed by atoms with Gasteiger partial charge in [-0.25, -0.2) is 0 Å². The standard InChI is InChI=1S/C21H39BO2Si/c1-6-8-10-12-14-18-17-21(25(3,4)5)19(15-13-11-9-7-2)16-20(18)22(23)24/h16-17,23-24H,6-15H2,1-5H3. The molecule has 0 aliphatic rings. The third-order valence-corrected chi connectivity index (χ3v) is 7.13. The van der Waals surface area contributed by atoms with Crippen LogP contribution in [0.1, 0.15) is 76.3 Å². The molecule has 0 atom stereocenters. The highest BCUT2D eigenvalue weighted by Gasteiger charge is 2.25. The van der Waals surface area contributed by atoms with Crippen LogP contribution in [0, 0.1) is 0 Å².